The molecule has 0 radical (unpaired) electrons. The standard InChI is InChI=1S/C16H19N5/c1-2-9-21-15-6-4-3-5-14(15)20-16(21)10-12(17)13-7-8-18-11-19-13/h3-8,11-12H,2,9-10,17H2,1H3. The van der Waals surface area contributed by atoms with Crippen molar-refractivity contribution in [1.82, 2.24) is 19.5 Å². The molecule has 3 rings (SSSR count). The lowest BCUT2D eigenvalue weighted by molar-refractivity contribution is 0.601. The number of hydrogen-bond donors (Lipinski definition) is 1. The molecular formula is C16H19N5. The quantitative estimate of drug-likeness (QED) is 0.780. The number of nitrogens with zero attached hydrogens (tertiary/aromatic N) is 4. The number of para-hydroxylation sites is 2. The van der Waals surface area contributed by atoms with E-state index in [2.05, 4.69) is 27.5 Å². The van der Waals surface area contributed by atoms with E-state index in [0.29, 0.717) is 6.42 Å². The van der Waals surface area contributed by atoms with Gasteiger partial charge >= 0.3 is 0 Å². The Kier molecular flexibility index (Phi) is 3.92. The zero-order valence-corrected chi connectivity index (χ0v) is 12.1. The predicted octanol–water partition coefficient (Wildman–Crippen LogP) is 2.48. The van der Waals surface area contributed by atoms with Crippen molar-refractivity contribution in [2.24, 2.45) is 5.73 Å². The van der Waals surface area contributed by atoms with Crippen LogP contribution >= 0.6 is 0 Å². The SMILES string of the molecule is CCCn1c(CC(N)c2ccncn2)nc2ccccc21. The van der Waals surface area contributed by atoms with Crippen molar-refractivity contribution in [3.63, 3.8) is 0 Å². The summed E-state index contributed by atoms with van der Waals surface area (Å²) in [6, 6.07) is 9.90. The first-order valence-electron chi connectivity index (χ1n) is 7.25. The first-order chi connectivity index (χ1) is 10.3. The van der Waals surface area contributed by atoms with Gasteiger partial charge in [-0.1, -0.05) is 19.1 Å². The summed E-state index contributed by atoms with van der Waals surface area (Å²) in [5.41, 5.74) is 9.31. The number of hydrogen-bond acceptors (Lipinski definition) is 4. The molecule has 1 aromatic carbocycles. The van der Waals surface area contributed by atoms with Gasteiger partial charge in [-0.25, -0.2) is 15.0 Å². The Labute approximate surface area is 123 Å². The van der Waals surface area contributed by atoms with Crippen molar-refractivity contribution < 1.29 is 0 Å². The number of fused-ring (bicyclic) bond motifs is 1. The summed E-state index contributed by atoms with van der Waals surface area (Å²) in [4.78, 5) is 12.9. The van der Waals surface area contributed by atoms with Gasteiger partial charge in [0, 0.05) is 19.2 Å². The van der Waals surface area contributed by atoms with Crippen LogP contribution in [0.1, 0.15) is 30.9 Å². The van der Waals surface area contributed by atoms with Crippen LogP contribution in [0.5, 0.6) is 0 Å². The van der Waals surface area contributed by atoms with Gasteiger partial charge in [-0.05, 0) is 24.6 Å². The van der Waals surface area contributed by atoms with Gasteiger partial charge in [-0.15, -0.1) is 0 Å². The minimum atomic E-state index is -0.166. The van der Waals surface area contributed by atoms with Crippen molar-refractivity contribution in [2.75, 3.05) is 0 Å². The molecule has 2 aromatic heterocycles. The first kappa shape index (κ1) is 13.7. The Hall–Kier alpha value is -2.27. The molecule has 0 saturated carbocycles. The second kappa shape index (κ2) is 6.01. The minimum absolute atomic E-state index is 0.166. The summed E-state index contributed by atoms with van der Waals surface area (Å²) in [6.07, 6.45) is 4.99. The predicted molar refractivity (Wildman–Crippen MR) is 82.7 cm³/mol. The third-order valence-corrected chi connectivity index (χ3v) is 3.57. The van der Waals surface area contributed by atoms with Gasteiger partial charge in [0.2, 0.25) is 0 Å². The molecular weight excluding hydrogens is 262 g/mol. The van der Waals surface area contributed by atoms with Gasteiger partial charge in [0.15, 0.2) is 0 Å². The number of nitrogens with two attached hydrogens (primary N) is 1. The summed E-state index contributed by atoms with van der Waals surface area (Å²) in [5.74, 6) is 1.02. The van der Waals surface area contributed by atoms with Crippen LogP contribution in [0.4, 0.5) is 0 Å². The van der Waals surface area contributed by atoms with Gasteiger partial charge < -0.3 is 10.3 Å². The average molecular weight is 281 g/mol. The average Bonchev–Trinajstić information content (AvgIpc) is 2.86. The highest BCUT2D eigenvalue weighted by Crippen LogP contribution is 2.20. The normalized spacial score (nSPS) is 12.7. The zero-order valence-electron chi connectivity index (χ0n) is 12.1. The Morgan fingerprint density at radius 2 is 2.10 bits per heavy atom. The summed E-state index contributed by atoms with van der Waals surface area (Å²) < 4.78 is 2.26. The largest absolute Gasteiger partial charge is 0.328 e. The van der Waals surface area contributed by atoms with Gasteiger partial charge in [0.05, 0.1) is 22.8 Å². The van der Waals surface area contributed by atoms with Crippen molar-refractivity contribution in [3.05, 3.63) is 54.4 Å². The van der Waals surface area contributed by atoms with Crippen LogP contribution in [0.3, 0.4) is 0 Å². The lowest BCUT2D eigenvalue weighted by atomic mass is 10.1. The van der Waals surface area contributed by atoms with E-state index in [1.807, 2.05) is 24.3 Å². The van der Waals surface area contributed by atoms with Gasteiger partial charge in [0.1, 0.15) is 12.2 Å². The molecule has 0 saturated heterocycles. The molecule has 0 bridgehead atoms. The Balaban J connectivity index is 1.94. The monoisotopic (exact) mass is 281 g/mol. The lowest BCUT2D eigenvalue weighted by Gasteiger charge is -2.12. The van der Waals surface area contributed by atoms with E-state index in [1.54, 1.807) is 6.20 Å². The highest BCUT2D eigenvalue weighted by molar-refractivity contribution is 5.75. The third-order valence-electron chi connectivity index (χ3n) is 3.57. The third kappa shape index (κ3) is 2.78. The molecule has 3 aromatic rings. The number of rotatable bonds is 5. The minimum Gasteiger partial charge on any atom is -0.328 e. The van der Waals surface area contributed by atoms with Crippen LogP contribution in [-0.2, 0) is 13.0 Å². The number of aromatic nitrogens is 4. The molecule has 0 aliphatic heterocycles. The number of benzene rings is 1. The van der Waals surface area contributed by atoms with Gasteiger partial charge in [0.25, 0.3) is 0 Å². The van der Waals surface area contributed by atoms with E-state index < -0.39 is 0 Å². The summed E-state index contributed by atoms with van der Waals surface area (Å²) in [6.45, 7) is 3.12. The van der Waals surface area contributed by atoms with E-state index >= 15 is 0 Å². The summed E-state index contributed by atoms with van der Waals surface area (Å²) >= 11 is 0. The molecule has 0 spiro atoms. The van der Waals surface area contributed by atoms with Crippen LogP contribution in [0.2, 0.25) is 0 Å². The topological polar surface area (TPSA) is 69.6 Å². The maximum Gasteiger partial charge on any atom is 0.115 e. The fourth-order valence-electron chi connectivity index (χ4n) is 2.58. The van der Waals surface area contributed by atoms with E-state index in [4.69, 9.17) is 10.7 Å². The molecule has 1 unspecified atom stereocenters. The fraction of sp³-hybridized carbons (Fsp3) is 0.312. The second-order valence-electron chi connectivity index (χ2n) is 5.11. The molecule has 2 heterocycles. The van der Waals surface area contributed by atoms with Gasteiger partial charge in [-0.2, -0.15) is 0 Å². The zero-order chi connectivity index (χ0) is 14.7. The van der Waals surface area contributed by atoms with E-state index in [1.165, 1.54) is 11.8 Å². The van der Waals surface area contributed by atoms with Crippen molar-refractivity contribution in [3.8, 4) is 0 Å². The van der Waals surface area contributed by atoms with Crippen LogP contribution in [0.15, 0.2) is 42.9 Å². The van der Waals surface area contributed by atoms with Crippen LogP contribution in [0.25, 0.3) is 11.0 Å². The second-order valence-corrected chi connectivity index (χ2v) is 5.11. The van der Waals surface area contributed by atoms with Crippen LogP contribution < -0.4 is 5.73 Å². The van der Waals surface area contributed by atoms with E-state index in [0.717, 1.165) is 30.0 Å². The molecule has 0 fully saturated rings. The molecule has 0 aliphatic carbocycles. The van der Waals surface area contributed by atoms with Crippen molar-refractivity contribution in [2.45, 2.75) is 32.4 Å². The van der Waals surface area contributed by atoms with Crippen LogP contribution in [-0.4, -0.2) is 19.5 Å². The molecule has 5 heteroatoms. The lowest BCUT2D eigenvalue weighted by Crippen LogP contribution is -2.18. The fourth-order valence-corrected chi connectivity index (χ4v) is 2.58. The maximum absolute atomic E-state index is 6.27. The van der Waals surface area contributed by atoms with E-state index in [-0.39, 0.29) is 6.04 Å². The number of aryl methyl sites for hydroxylation is 1. The highest BCUT2D eigenvalue weighted by atomic mass is 15.1. The van der Waals surface area contributed by atoms with Crippen molar-refractivity contribution in [1.29, 1.82) is 0 Å². The molecule has 0 aliphatic rings. The smallest absolute Gasteiger partial charge is 0.115 e. The number of imidazole rings is 1. The maximum atomic E-state index is 6.27. The molecule has 2 N–H and O–H groups in total. The summed E-state index contributed by atoms with van der Waals surface area (Å²) in [7, 11) is 0. The molecule has 5 nitrogen and oxygen atoms in total. The van der Waals surface area contributed by atoms with Gasteiger partial charge in [-0.3, -0.25) is 0 Å². The Morgan fingerprint density at radius 3 is 2.86 bits per heavy atom. The molecule has 0 amide bonds. The first-order valence-corrected chi connectivity index (χ1v) is 7.25. The summed E-state index contributed by atoms with van der Waals surface area (Å²) in [5, 5.41) is 0. The van der Waals surface area contributed by atoms with Crippen molar-refractivity contribution >= 4 is 11.0 Å². The van der Waals surface area contributed by atoms with E-state index in [9.17, 15) is 0 Å². The highest BCUT2D eigenvalue weighted by Gasteiger charge is 2.15. The Morgan fingerprint density at radius 1 is 1.24 bits per heavy atom. The Bertz CT molecular complexity index is 720. The van der Waals surface area contributed by atoms with Crippen LogP contribution in [0, 0.1) is 0 Å². The molecule has 108 valence electrons. The molecule has 21 heavy (non-hydrogen) atoms. The molecule has 1 atom stereocenters.